The minimum Gasteiger partial charge on any atom is -0.409 e. The molecule has 0 aliphatic carbocycles. The molecule has 0 aromatic heterocycles. The van der Waals surface area contributed by atoms with Crippen molar-refractivity contribution >= 4 is 11.5 Å². The Bertz CT molecular complexity index is 425. The van der Waals surface area contributed by atoms with Crippen molar-refractivity contribution in [2.45, 2.75) is 32.7 Å². The van der Waals surface area contributed by atoms with Crippen LogP contribution in [0.5, 0.6) is 0 Å². The van der Waals surface area contributed by atoms with Gasteiger partial charge < -0.3 is 15.8 Å². The van der Waals surface area contributed by atoms with Crippen molar-refractivity contribution in [1.82, 2.24) is 0 Å². The molecule has 0 spiro atoms. The van der Waals surface area contributed by atoms with E-state index < -0.39 is 0 Å². The first-order valence-electron chi connectivity index (χ1n) is 6.48. The van der Waals surface area contributed by atoms with Gasteiger partial charge >= 0.3 is 0 Å². The Labute approximate surface area is 108 Å². The van der Waals surface area contributed by atoms with Crippen molar-refractivity contribution in [2.24, 2.45) is 16.8 Å². The lowest BCUT2D eigenvalue weighted by Gasteiger charge is -2.29. The molecule has 1 aliphatic rings. The summed E-state index contributed by atoms with van der Waals surface area (Å²) < 4.78 is 0. The Morgan fingerprint density at radius 1 is 1.39 bits per heavy atom. The van der Waals surface area contributed by atoms with E-state index in [9.17, 15) is 0 Å². The summed E-state index contributed by atoms with van der Waals surface area (Å²) in [5.41, 5.74) is 7.53. The molecule has 1 aliphatic heterocycles. The Hall–Kier alpha value is -1.71. The summed E-state index contributed by atoms with van der Waals surface area (Å²) in [6.07, 6.45) is 2.52. The Morgan fingerprint density at radius 3 is 2.61 bits per heavy atom. The van der Waals surface area contributed by atoms with Crippen LogP contribution in [0.3, 0.4) is 0 Å². The standard InChI is InChI=1S/C14H21N3O/c1-10(2)13-4-3-9-17(13)12-7-5-11(6-8-12)14(15)16-18/h5-8,10,13,18H,3-4,9H2,1-2H3,(H2,15,16). The molecule has 0 saturated carbocycles. The first-order chi connectivity index (χ1) is 8.63. The van der Waals surface area contributed by atoms with Gasteiger partial charge in [0.1, 0.15) is 0 Å². The molecule has 1 heterocycles. The summed E-state index contributed by atoms with van der Waals surface area (Å²) >= 11 is 0. The van der Waals surface area contributed by atoms with Crippen LogP contribution < -0.4 is 10.6 Å². The molecule has 18 heavy (non-hydrogen) atoms. The Morgan fingerprint density at radius 2 is 2.06 bits per heavy atom. The molecule has 1 atom stereocenters. The smallest absolute Gasteiger partial charge is 0.170 e. The van der Waals surface area contributed by atoms with E-state index >= 15 is 0 Å². The van der Waals surface area contributed by atoms with Crippen molar-refractivity contribution in [3.63, 3.8) is 0 Å². The molecule has 2 rings (SSSR count). The van der Waals surface area contributed by atoms with Gasteiger partial charge in [0.15, 0.2) is 5.84 Å². The maximum atomic E-state index is 8.64. The SMILES string of the molecule is CC(C)C1CCCN1c1ccc(C(N)=NO)cc1. The number of nitrogens with zero attached hydrogens (tertiary/aromatic N) is 2. The normalized spacial score (nSPS) is 20.7. The van der Waals surface area contributed by atoms with Crippen molar-refractivity contribution in [3.05, 3.63) is 29.8 Å². The fourth-order valence-electron chi connectivity index (χ4n) is 2.69. The highest BCUT2D eigenvalue weighted by Gasteiger charge is 2.26. The van der Waals surface area contributed by atoms with Gasteiger partial charge in [0.05, 0.1) is 0 Å². The first-order valence-corrected chi connectivity index (χ1v) is 6.48. The van der Waals surface area contributed by atoms with Crippen LogP contribution in [0.2, 0.25) is 0 Å². The molecule has 3 N–H and O–H groups in total. The van der Waals surface area contributed by atoms with Gasteiger partial charge in [-0.3, -0.25) is 0 Å². The van der Waals surface area contributed by atoms with E-state index in [2.05, 4.69) is 23.9 Å². The van der Waals surface area contributed by atoms with Gasteiger partial charge in [-0.2, -0.15) is 0 Å². The van der Waals surface area contributed by atoms with Crippen molar-refractivity contribution in [2.75, 3.05) is 11.4 Å². The van der Waals surface area contributed by atoms with Crippen LogP contribution in [0.15, 0.2) is 29.4 Å². The van der Waals surface area contributed by atoms with Crippen LogP contribution in [-0.4, -0.2) is 23.6 Å². The van der Waals surface area contributed by atoms with Gasteiger partial charge in [0.2, 0.25) is 0 Å². The van der Waals surface area contributed by atoms with Gasteiger partial charge in [0, 0.05) is 23.8 Å². The van der Waals surface area contributed by atoms with E-state index in [0.717, 1.165) is 12.1 Å². The lowest BCUT2D eigenvalue weighted by atomic mass is 10.0. The zero-order chi connectivity index (χ0) is 13.1. The largest absolute Gasteiger partial charge is 0.409 e. The highest BCUT2D eigenvalue weighted by atomic mass is 16.4. The quantitative estimate of drug-likeness (QED) is 0.373. The summed E-state index contributed by atoms with van der Waals surface area (Å²) in [6, 6.07) is 8.53. The van der Waals surface area contributed by atoms with Crippen molar-refractivity contribution < 1.29 is 5.21 Å². The lowest BCUT2D eigenvalue weighted by Crippen LogP contribution is -2.33. The van der Waals surface area contributed by atoms with Gasteiger partial charge in [-0.15, -0.1) is 0 Å². The summed E-state index contributed by atoms with van der Waals surface area (Å²) in [6.45, 7) is 5.66. The minimum absolute atomic E-state index is 0.156. The van der Waals surface area contributed by atoms with Crippen LogP contribution in [0.1, 0.15) is 32.3 Å². The average molecular weight is 247 g/mol. The minimum atomic E-state index is 0.156. The molecule has 1 unspecified atom stereocenters. The third-order valence-electron chi connectivity index (χ3n) is 3.67. The fourth-order valence-corrected chi connectivity index (χ4v) is 2.69. The third-order valence-corrected chi connectivity index (χ3v) is 3.67. The molecule has 0 amide bonds. The van der Waals surface area contributed by atoms with E-state index in [-0.39, 0.29) is 5.84 Å². The number of amidine groups is 1. The number of hydrogen-bond donors (Lipinski definition) is 2. The summed E-state index contributed by atoms with van der Waals surface area (Å²) in [7, 11) is 0. The van der Waals surface area contributed by atoms with Crippen LogP contribution in [-0.2, 0) is 0 Å². The molecule has 1 aromatic carbocycles. The monoisotopic (exact) mass is 247 g/mol. The molecule has 1 fully saturated rings. The maximum Gasteiger partial charge on any atom is 0.170 e. The van der Waals surface area contributed by atoms with Gasteiger partial charge in [-0.05, 0) is 43.0 Å². The second kappa shape index (κ2) is 5.29. The highest BCUT2D eigenvalue weighted by Crippen LogP contribution is 2.29. The zero-order valence-electron chi connectivity index (χ0n) is 11.0. The molecule has 4 nitrogen and oxygen atoms in total. The van der Waals surface area contributed by atoms with Crippen molar-refractivity contribution in [1.29, 1.82) is 0 Å². The van der Waals surface area contributed by atoms with Crippen LogP contribution in [0, 0.1) is 5.92 Å². The molecular weight excluding hydrogens is 226 g/mol. The topological polar surface area (TPSA) is 61.8 Å². The predicted molar refractivity (Wildman–Crippen MR) is 74.2 cm³/mol. The van der Waals surface area contributed by atoms with E-state index in [0.29, 0.717) is 12.0 Å². The van der Waals surface area contributed by atoms with E-state index in [1.807, 2.05) is 24.3 Å². The van der Waals surface area contributed by atoms with E-state index in [1.165, 1.54) is 18.5 Å². The number of hydrogen-bond acceptors (Lipinski definition) is 3. The average Bonchev–Trinajstić information content (AvgIpc) is 2.87. The zero-order valence-corrected chi connectivity index (χ0v) is 11.0. The number of nitrogens with two attached hydrogens (primary N) is 1. The molecule has 98 valence electrons. The molecule has 1 aromatic rings. The number of rotatable bonds is 3. The summed E-state index contributed by atoms with van der Waals surface area (Å²) in [4.78, 5) is 2.46. The molecular formula is C14H21N3O. The highest BCUT2D eigenvalue weighted by molar-refractivity contribution is 5.97. The summed E-state index contributed by atoms with van der Waals surface area (Å²) in [5.74, 6) is 0.819. The molecule has 0 bridgehead atoms. The number of anilines is 1. The van der Waals surface area contributed by atoms with Gasteiger partial charge in [-0.25, -0.2) is 0 Å². The third kappa shape index (κ3) is 2.42. The lowest BCUT2D eigenvalue weighted by molar-refractivity contribution is 0.318. The summed E-state index contributed by atoms with van der Waals surface area (Å²) in [5, 5.41) is 11.6. The Balaban J connectivity index is 2.19. The fraction of sp³-hybridized carbons (Fsp3) is 0.500. The van der Waals surface area contributed by atoms with Crippen LogP contribution in [0.25, 0.3) is 0 Å². The predicted octanol–water partition coefficient (Wildman–Crippen LogP) is 2.41. The maximum absolute atomic E-state index is 8.64. The molecule has 4 heteroatoms. The van der Waals surface area contributed by atoms with E-state index in [1.54, 1.807) is 0 Å². The number of oxime groups is 1. The molecule has 0 radical (unpaired) electrons. The van der Waals surface area contributed by atoms with Crippen LogP contribution in [0.4, 0.5) is 5.69 Å². The molecule has 1 saturated heterocycles. The van der Waals surface area contributed by atoms with Crippen LogP contribution >= 0.6 is 0 Å². The van der Waals surface area contributed by atoms with Crippen molar-refractivity contribution in [3.8, 4) is 0 Å². The van der Waals surface area contributed by atoms with Gasteiger partial charge in [-0.1, -0.05) is 19.0 Å². The van der Waals surface area contributed by atoms with Gasteiger partial charge in [0.25, 0.3) is 0 Å². The second-order valence-corrected chi connectivity index (χ2v) is 5.18. The first kappa shape index (κ1) is 12.7. The number of benzene rings is 1. The second-order valence-electron chi connectivity index (χ2n) is 5.18. The Kier molecular flexibility index (Phi) is 3.75. The van der Waals surface area contributed by atoms with E-state index in [4.69, 9.17) is 10.9 Å².